The van der Waals surface area contributed by atoms with Crippen molar-refractivity contribution in [3.63, 3.8) is 0 Å². The fourth-order valence-electron chi connectivity index (χ4n) is 3.10. The van der Waals surface area contributed by atoms with Crippen LogP contribution in [0, 0.1) is 5.92 Å². The monoisotopic (exact) mass is 363 g/mol. The Labute approximate surface area is 154 Å². The van der Waals surface area contributed by atoms with Crippen molar-refractivity contribution in [1.82, 2.24) is 10.2 Å². The lowest BCUT2D eigenvalue weighted by Crippen LogP contribution is -2.52. The standard InChI is InChI=1S/C19H29N3O4/c1-4-14(2)18(19(25)26-3)20-17(24)13-21-9-11-22(12-10-21)15-7-5-6-8-16(15)23/h5-8,14,18,23H,4,9-13H2,1-3H3,(H,20,24)/t14-,18-/m0/s1. The number of benzene rings is 1. The van der Waals surface area contributed by atoms with Crippen LogP contribution in [-0.4, -0.2) is 67.8 Å². The maximum atomic E-state index is 12.4. The number of nitrogens with zero attached hydrogens (tertiary/aromatic N) is 2. The minimum Gasteiger partial charge on any atom is -0.506 e. The molecule has 2 rings (SSSR count). The van der Waals surface area contributed by atoms with Gasteiger partial charge in [0, 0.05) is 26.2 Å². The number of esters is 1. The predicted octanol–water partition coefficient (Wildman–Crippen LogP) is 1.22. The summed E-state index contributed by atoms with van der Waals surface area (Å²) in [5.41, 5.74) is 0.819. The summed E-state index contributed by atoms with van der Waals surface area (Å²) in [7, 11) is 1.34. The van der Waals surface area contributed by atoms with Crippen LogP contribution < -0.4 is 10.2 Å². The highest BCUT2D eigenvalue weighted by Crippen LogP contribution is 2.27. The highest BCUT2D eigenvalue weighted by atomic mass is 16.5. The van der Waals surface area contributed by atoms with Crippen molar-refractivity contribution in [3.05, 3.63) is 24.3 Å². The van der Waals surface area contributed by atoms with Crippen LogP contribution in [0.2, 0.25) is 0 Å². The van der Waals surface area contributed by atoms with Gasteiger partial charge in [0.05, 0.1) is 19.3 Å². The highest BCUT2D eigenvalue weighted by Gasteiger charge is 2.28. The summed E-state index contributed by atoms with van der Waals surface area (Å²) in [6.45, 7) is 7.05. The Morgan fingerprint density at radius 1 is 1.23 bits per heavy atom. The lowest BCUT2D eigenvalue weighted by atomic mass is 9.99. The summed E-state index contributed by atoms with van der Waals surface area (Å²) in [6, 6.07) is 6.66. The van der Waals surface area contributed by atoms with Crippen molar-refractivity contribution in [3.8, 4) is 5.75 Å². The van der Waals surface area contributed by atoms with Gasteiger partial charge in [0.2, 0.25) is 5.91 Å². The van der Waals surface area contributed by atoms with Crippen LogP contribution in [-0.2, 0) is 14.3 Å². The van der Waals surface area contributed by atoms with E-state index in [-0.39, 0.29) is 24.1 Å². The third-order valence-electron chi connectivity index (χ3n) is 4.95. The molecule has 7 heteroatoms. The number of ether oxygens (including phenoxy) is 1. The Bertz CT molecular complexity index is 615. The number of piperazine rings is 1. The van der Waals surface area contributed by atoms with E-state index in [2.05, 4.69) is 15.1 Å². The van der Waals surface area contributed by atoms with Gasteiger partial charge >= 0.3 is 5.97 Å². The Kier molecular flexibility index (Phi) is 7.26. The Morgan fingerprint density at radius 2 is 1.88 bits per heavy atom. The molecule has 0 saturated carbocycles. The average Bonchev–Trinajstić information content (AvgIpc) is 2.66. The van der Waals surface area contributed by atoms with Crippen LogP contribution >= 0.6 is 0 Å². The van der Waals surface area contributed by atoms with Crippen LogP contribution in [0.5, 0.6) is 5.75 Å². The van der Waals surface area contributed by atoms with Crippen molar-refractivity contribution < 1.29 is 19.4 Å². The van der Waals surface area contributed by atoms with Crippen molar-refractivity contribution in [2.24, 2.45) is 5.92 Å². The predicted molar refractivity (Wildman–Crippen MR) is 100 cm³/mol. The molecular formula is C19H29N3O4. The van der Waals surface area contributed by atoms with Crippen LogP contribution in [0.15, 0.2) is 24.3 Å². The molecule has 1 aromatic carbocycles. The van der Waals surface area contributed by atoms with Crippen LogP contribution in [0.25, 0.3) is 0 Å². The number of nitrogens with one attached hydrogen (secondary N) is 1. The molecule has 0 spiro atoms. The number of carbonyl (C=O) groups is 2. The molecule has 1 saturated heterocycles. The minimum absolute atomic E-state index is 0.0179. The molecule has 26 heavy (non-hydrogen) atoms. The zero-order valence-corrected chi connectivity index (χ0v) is 15.8. The van der Waals surface area contributed by atoms with E-state index in [1.807, 2.05) is 26.0 Å². The average molecular weight is 363 g/mol. The van der Waals surface area contributed by atoms with Crippen LogP contribution in [0.4, 0.5) is 5.69 Å². The van der Waals surface area contributed by atoms with Gasteiger partial charge in [-0.15, -0.1) is 0 Å². The van der Waals surface area contributed by atoms with E-state index in [1.54, 1.807) is 12.1 Å². The molecule has 1 aromatic rings. The summed E-state index contributed by atoms with van der Waals surface area (Å²) in [4.78, 5) is 28.4. The molecule has 1 aliphatic heterocycles. The molecule has 1 heterocycles. The Morgan fingerprint density at radius 3 is 2.46 bits per heavy atom. The number of aromatic hydroxyl groups is 1. The second-order valence-electron chi connectivity index (χ2n) is 6.71. The fraction of sp³-hybridized carbons (Fsp3) is 0.579. The minimum atomic E-state index is -0.611. The first kappa shape index (κ1) is 20.0. The molecule has 0 radical (unpaired) electrons. The Hall–Kier alpha value is -2.28. The zero-order chi connectivity index (χ0) is 19.1. The van der Waals surface area contributed by atoms with E-state index in [1.165, 1.54) is 7.11 Å². The topological polar surface area (TPSA) is 82.1 Å². The van der Waals surface area contributed by atoms with Gasteiger partial charge in [-0.25, -0.2) is 4.79 Å². The quantitative estimate of drug-likeness (QED) is 0.709. The summed E-state index contributed by atoms with van der Waals surface area (Å²) >= 11 is 0. The number of phenolic OH excluding ortho intramolecular Hbond substituents is 1. The van der Waals surface area contributed by atoms with Crippen LogP contribution in [0.3, 0.4) is 0 Å². The number of amides is 1. The van der Waals surface area contributed by atoms with E-state index < -0.39 is 12.0 Å². The van der Waals surface area contributed by atoms with Gasteiger partial charge in [0.15, 0.2) is 0 Å². The van der Waals surface area contributed by atoms with Crippen molar-refractivity contribution in [1.29, 1.82) is 0 Å². The summed E-state index contributed by atoms with van der Waals surface area (Å²) in [6.07, 6.45) is 0.777. The molecule has 0 unspecified atom stereocenters. The molecule has 2 N–H and O–H groups in total. The first-order chi connectivity index (χ1) is 12.5. The van der Waals surface area contributed by atoms with E-state index >= 15 is 0 Å². The van der Waals surface area contributed by atoms with Crippen molar-refractivity contribution in [2.45, 2.75) is 26.3 Å². The summed E-state index contributed by atoms with van der Waals surface area (Å²) in [5, 5.41) is 12.8. The molecule has 0 aliphatic carbocycles. The number of anilines is 1. The number of hydrogen-bond donors (Lipinski definition) is 2. The van der Waals surface area contributed by atoms with Crippen molar-refractivity contribution >= 4 is 17.6 Å². The van der Waals surface area contributed by atoms with Gasteiger partial charge in [0.1, 0.15) is 11.8 Å². The first-order valence-corrected chi connectivity index (χ1v) is 9.08. The van der Waals surface area contributed by atoms with E-state index in [0.29, 0.717) is 13.1 Å². The molecule has 1 amide bonds. The highest BCUT2D eigenvalue weighted by molar-refractivity contribution is 5.85. The van der Waals surface area contributed by atoms with E-state index in [0.717, 1.165) is 25.2 Å². The molecular weight excluding hydrogens is 334 g/mol. The van der Waals surface area contributed by atoms with E-state index in [4.69, 9.17) is 4.74 Å². The molecule has 144 valence electrons. The number of rotatable bonds is 7. The fourth-order valence-corrected chi connectivity index (χ4v) is 3.10. The third kappa shape index (κ3) is 5.11. The maximum absolute atomic E-state index is 12.4. The molecule has 1 fully saturated rings. The third-order valence-corrected chi connectivity index (χ3v) is 4.95. The second kappa shape index (κ2) is 9.43. The van der Waals surface area contributed by atoms with Gasteiger partial charge < -0.3 is 20.1 Å². The van der Waals surface area contributed by atoms with Gasteiger partial charge in [-0.1, -0.05) is 32.4 Å². The number of hydrogen-bond acceptors (Lipinski definition) is 6. The number of para-hydroxylation sites is 2. The molecule has 7 nitrogen and oxygen atoms in total. The molecule has 1 aliphatic rings. The lowest BCUT2D eigenvalue weighted by molar-refractivity contribution is -0.146. The lowest BCUT2D eigenvalue weighted by Gasteiger charge is -2.36. The summed E-state index contributed by atoms with van der Waals surface area (Å²) < 4.78 is 4.80. The van der Waals surface area contributed by atoms with Gasteiger partial charge in [-0.2, -0.15) is 0 Å². The van der Waals surface area contributed by atoms with Gasteiger partial charge in [0.25, 0.3) is 0 Å². The molecule has 2 atom stereocenters. The SMILES string of the molecule is CC[C@H](C)[C@H](NC(=O)CN1CCN(c2ccccc2O)CC1)C(=O)OC. The smallest absolute Gasteiger partial charge is 0.328 e. The molecule has 0 bridgehead atoms. The number of methoxy groups -OCH3 is 1. The number of phenols is 1. The normalized spacial score (nSPS) is 17.4. The Balaban J connectivity index is 1.85. The number of carbonyl (C=O) groups excluding carboxylic acids is 2. The van der Waals surface area contributed by atoms with E-state index in [9.17, 15) is 14.7 Å². The maximum Gasteiger partial charge on any atom is 0.328 e. The summed E-state index contributed by atoms with van der Waals surface area (Å²) in [5.74, 6) is -0.286. The van der Waals surface area contributed by atoms with Crippen LogP contribution in [0.1, 0.15) is 20.3 Å². The van der Waals surface area contributed by atoms with Crippen molar-refractivity contribution in [2.75, 3.05) is 44.7 Å². The zero-order valence-electron chi connectivity index (χ0n) is 15.8. The van der Waals surface area contributed by atoms with Gasteiger partial charge in [-0.3, -0.25) is 9.69 Å². The molecule has 0 aromatic heterocycles. The second-order valence-corrected chi connectivity index (χ2v) is 6.71. The largest absolute Gasteiger partial charge is 0.506 e. The first-order valence-electron chi connectivity index (χ1n) is 9.08. The van der Waals surface area contributed by atoms with Gasteiger partial charge in [-0.05, 0) is 18.1 Å².